The topological polar surface area (TPSA) is 84.7 Å². The molecule has 0 radical (unpaired) electrons. The molecule has 1 unspecified atom stereocenters. The van der Waals surface area contributed by atoms with Crippen molar-refractivity contribution in [1.82, 2.24) is 10.2 Å². The lowest BCUT2D eigenvalue weighted by molar-refractivity contribution is -0.120. The van der Waals surface area contributed by atoms with Crippen molar-refractivity contribution in [2.45, 2.75) is 12.5 Å². The van der Waals surface area contributed by atoms with Crippen LogP contribution in [0.1, 0.15) is 6.42 Å². The van der Waals surface area contributed by atoms with Gasteiger partial charge in [-0.2, -0.15) is 0 Å². The van der Waals surface area contributed by atoms with Gasteiger partial charge in [0.25, 0.3) is 0 Å². The van der Waals surface area contributed by atoms with Crippen LogP contribution in [-0.2, 0) is 9.53 Å². The Morgan fingerprint density at radius 2 is 2.50 bits per heavy atom. The Labute approximate surface area is 82.4 Å². The summed E-state index contributed by atoms with van der Waals surface area (Å²) in [4.78, 5) is 23.6. The first kappa shape index (κ1) is 10.8. The van der Waals surface area contributed by atoms with Gasteiger partial charge in [-0.05, 0) is 0 Å². The Morgan fingerprint density at radius 1 is 1.79 bits per heavy atom. The fourth-order valence-corrected chi connectivity index (χ4v) is 1.24. The molecule has 6 nitrogen and oxygen atoms in total. The highest BCUT2D eigenvalue weighted by atomic mass is 16.6. The van der Waals surface area contributed by atoms with Gasteiger partial charge in [0, 0.05) is 26.6 Å². The lowest BCUT2D eigenvalue weighted by Gasteiger charge is -2.11. The number of nitrogens with two attached hydrogens (primary N) is 1. The van der Waals surface area contributed by atoms with Crippen molar-refractivity contribution in [1.29, 1.82) is 0 Å². The van der Waals surface area contributed by atoms with Crippen molar-refractivity contribution in [3.63, 3.8) is 0 Å². The van der Waals surface area contributed by atoms with E-state index >= 15 is 0 Å². The summed E-state index contributed by atoms with van der Waals surface area (Å²) in [5.41, 5.74) is 5.36. The quantitative estimate of drug-likeness (QED) is 0.604. The zero-order chi connectivity index (χ0) is 10.6. The zero-order valence-electron chi connectivity index (χ0n) is 8.16. The largest absolute Gasteiger partial charge is 0.443 e. The summed E-state index contributed by atoms with van der Waals surface area (Å²) in [6.07, 6.45) is -0.320. The molecule has 0 aromatic rings. The first-order chi connectivity index (χ1) is 6.67. The van der Waals surface area contributed by atoms with E-state index in [-0.39, 0.29) is 18.1 Å². The highest BCUT2D eigenvalue weighted by Crippen LogP contribution is 2.10. The number of rotatable bonds is 4. The number of cyclic esters (lactones) is 1. The van der Waals surface area contributed by atoms with Crippen LogP contribution in [0, 0.1) is 0 Å². The number of ether oxygens (including phenoxy) is 1. The molecule has 0 saturated carbocycles. The van der Waals surface area contributed by atoms with Crippen LogP contribution < -0.4 is 11.1 Å². The van der Waals surface area contributed by atoms with E-state index in [2.05, 4.69) is 5.32 Å². The number of amides is 2. The van der Waals surface area contributed by atoms with Crippen LogP contribution in [0.15, 0.2) is 0 Å². The number of hydrogen-bond donors (Lipinski definition) is 2. The summed E-state index contributed by atoms with van der Waals surface area (Å²) in [6, 6.07) is 0. The second kappa shape index (κ2) is 4.80. The van der Waals surface area contributed by atoms with E-state index in [0.717, 1.165) is 0 Å². The van der Waals surface area contributed by atoms with Crippen molar-refractivity contribution in [2.24, 2.45) is 5.73 Å². The van der Waals surface area contributed by atoms with E-state index in [1.54, 1.807) is 7.05 Å². The highest BCUT2D eigenvalue weighted by Gasteiger charge is 2.29. The van der Waals surface area contributed by atoms with Gasteiger partial charge in [0.05, 0.1) is 6.54 Å². The number of nitrogens with one attached hydrogen (secondary N) is 1. The first-order valence-electron chi connectivity index (χ1n) is 4.53. The fourth-order valence-electron chi connectivity index (χ4n) is 1.24. The third-order valence-corrected chi connectivity index (χ3v) is 2.10. The lowest BCUT2D eigenvalue weighted by Crippen LogP contribution is -2.31. The molecule has 0 aromatic carbocycles. The Bertz CT molecular complexity index is 232. The second-order valence-corrected chi connectivity index (χ2v) is 3.11. The van der Waals surface area contributed by atoms with Gasteiger partial charge in [-0.15, -0.1) is 0 Å². The molecule has 1 rings (SSSR count). The Morgan fingerprint density at radius 3 is 3.00 bits per heavy atom. The van der Waals surface area contributed by atoms with Crippen LogP contribution in [0.3, 0.4) is 0 Å². The molecule has 0 aromatic heterocycles. The maximum atomic E-state index is 11.2. The number of carbonyl (C=O) groups excluding carboxylic acids is 2. The van der Waals surface area contributed by atoms with Gasteiger partial charge in [0.1, 0.15) is 6.10 Å². The molecule has 0 spiro atoms. The molecular weight excluding hydrogens is 186 g/mol. The second-order valence-electron chi connectivity index (χ2n) is 3.11. The van der Waals surface area contributed by atoms with Gasteiger partial charge in [0.15, 0.2) is 0 Å². The molecule has 0 bridgehead atoms. The summed E-state index contributed by atoms with van der Waals surface area (Å²) in [5, 5.41) is 2.49. The van der Waals surface area contributed by atoms with Crippen molar-refractivity contribution in [3.05, 3.63) is 0 Å². The standard InChI is InChI=1S/C8H15N3O3/c1-10-7(12)2-3-11-5-6(4-9)14-8(11)13/h6H,2-5,9H2,1H3,(H,10,12). The average Bonchev–Trinajstić information content (AvgIpc) is 2.55. The molecule has 80 valence electrons. The first-order valence-corrected chi connectivity index (χ1v) is 4.53. The molecule has 1 aliphatic rings. The summed E-state index contributed by atoms with van der Waals surface area (Å²) in [7, 11) is 1.56. The van der Waals surface area contributed by atoms with Crippen LogP contribution in [-0.4, -0.2) is 49.7 Å². The Balaban J connectivity index is 2.32. The summed E-state index contributed by atoms with van der Waals surface area (Å²) in [5.74, 6) is -0.0889. The van der Waals surface area contributed by atoms with Crippen LogP contribution in [0.4, 0.5) is 4.79 Å². The maximum absolute atomic E-state index is 11.2. The minimum Gasteiger partial charge on any atom is -0.443 e. The third kappa shape index (κ3) is 2.59. The normalized spacial score (nSPS) is 20.9. The third-order valence-electron chi connectivity index (χ3n) is 2.10. The lowest BCUT2D eigenvalue weighted by atomic mass is 10.3. The van der Waals surface area contributed by atoms with Gasteiger partial charge in [-0.1, -0.05) is 0 Å². The predicted molar refractivity (Wildman–Crippen MR) is 49.6 cm³/mol. The molecule has 14 heavy (non-hydrogen) atoms. The highest BCUT2D eigenvalue weighted by molar-refractivity contribution is 5.77. The predicted octanol–water partition coefficient (Wildman–Crippen LogP) is -1.10. The van der Waals surface area contributed by atoms with Gasteiger partial charge >= 0.3 is 6.09 Å². The SMILES string of the molecule is CNC(=O)CCN1CC(CN)OC1=O. The molecule has 1 aliphatic heterocycles. The van der Waals surface area contributed by atoms with Gasteiger partial charge < -0.3 is 20.7 Å². The van der Waals surface area contributed by atoms with Gasteiger partial charge in [-0.3, -0.25) is 4.79 Å². The molecule has 1 heterocycles. The molecular formula is C8H15N3O3. The molecule has 1 atom stereocenters. The van der Waals surface area contributed by atoms with E-state index in [4.69, 9.17) is 10.5 Å². The molecule has 6 heteroatoms. The Hall–Kier alpha value is -1.30. The van der Waals surface area contributed by atoms with E-state index in [1.807, 2.05) is 0 Å². The van der Waals surface area contributed by atoms with Crippen LogP contribution in [0.2, 0.25) is 0 Å². The van der Waals surface area contributed by atoms with Crippen molar-refractivity contribution >= 4 is 12.0 Å². The number of nitrogens with zero attached hydrogens (tertiary/aromatic N) is 1. The summed E-state index contributed by atoms with van der Waals surface area (Å²) >= 11 is 0. The van der Waals surface area contributed by atoms with E-state index in [1.165, 1.54) is 4.90 Å². The van der Waals surface area contributed by atoms with E-state index in [9.17, 15) is 9.59 Å². The van der Waals surface area contributed by atoms with Crippen molar-refractivity contribution < 1.29 is 14.3 Å². The van der Waals surface area contributed by atoms with Crippen LogP contribution in [0.25, 0.3) is 0 Å². The molecule has 2 amide bonds. The average molecular weight is 201 g/mol. The summed E-state index contributed by atoms with van der Waals surface area (Å²) < 4.78 is 4.92. The maximum Gasteiger partial charge on any atom is 0.410 e. The monoisotopic (exact) mass is 201 g/mol. The van der Waals surface area contributed by atoms with Gasteiger partial charge in [-0.25, -0.2) is 4.79 Å². The number of carbonyl (C=O) groups is 2. The molecule has 3 N–H and O–H groups in total. The fraction of sp³-hybridized carbons (Fsp3) is 0.750. The zero-order valence-corrected chi connectivity index (χ0v) is 8.16. The summed E-state index contributed by atoms with van der Waals surface area (Å²) in [6.45, 7) is 1.18. The van der Waals surface area contributed by atoms with Crippen LogP contribution >= 0.6 is 0 Å². The van der Waals surface area contributed by atoms with E-state index in [0.29, 0.717) is 26.1 Å². The van der Waals surface area contributed by atoms with Gasteiger partial charge in [0.2, 0.25) is 5.91 Å². The van der Waals surface area contributed by atoms with E-state index < -0.39 is 0 Å². The molecule has 1 fully saturated rings. The Kier molecular flexibility index (Phi) is 3.70. The van der Waals surface area contributed by atoms with Crippen molar-refractivity contribution in [2.75, 3.05) is 26.7 Å². The minimum absolute atomic E-state index is 0.0889. The molecule has 0 aliphatic carbocycles. The molecule has 1 saturated heterocycles. The van der Waals surface area contributed by atoms with Crippen molar-refractivity contribution in [3.8, 4) is 0 Å². The minimum atomic E-state index is -0.385. The van der Waals surface area contributed by atoms with Crippen LogP contribution in [0.5, 0.6) is 0 Å². The smallest absolute Gasteiger partial charge is 0.410 e. The number of hydrogen-bond acceptors (Lipinski definition) is 4.